The van der Waals surface area contributed by atoms with Gasteiger partial charge in [-0.1, -0.05) is 36.4 Å². The molecule has 1 heterocycles. The lowest BCUT2D eigenvalue weighted by molar-refractivity contribution is 0.0949. The van der Waals surface area contributed by atoms with E-state index in [-0.39, 0.29) is 5.91 Å². The van der Waals surface area contributed by atoms with Crippen LogP contribution in [0.25, 0.3) is 11.3 Å². The van der Waals surface area contributed by atoms with Crippen LogP contribution in [-0.4, -0.2) is 36.9 Å². The van der Waals surface area contributed by atoms with Gasteiger partial charge in [0.15, 0.2) is 11.5 Å². The van der Waals surface area contributed by atoms with Gasteiger partial charge in [0.05, 0.1) is 19.9 Å². The Morgan fingerprint density at radius 3 is 2.54 bits per heavy atom. The molecular formula is C20H21N3O3. The minimum Gasteiger partial charge on any atom is -0.493 e. The van der Waals surface area contributed by atoms with E-state index in [0.717, 1.165) is 16.8 Å². The molecule has 0 unspecified atom stereocenters. The number of hydrogen-bond acceptors (Lipinski definition) is 4. The number of ether oxygens (including phenoxy) is 2. The topological polar surface area (TPSA) is 76.2 Å². The van der Waals surface area contributed by atoms with Gasteiger partial charge in [-0.2, -0.15) is 5.10 Å². The lowest BCUT2D eigenvalue weighted by atomic mass is 10.1. The highest BCUT2D eigenvalue weighted by atomic mass is 16.5. The number of aromatic nitrogens is 2. The van der Waals surface area contributed by atoms with Gasteiger partial charge in [0.2, 0.25) is 0 Å². The molecule has 3 aromatic rings. The first-order valence-electron chi connectivity index (χ1n) is 8.31. The monoisotopic (exact) mass is 351 g/mol. The molecule has 0 bridgehead atoms. The van der Waals surface area contributed by atoms with E-state index < -0.39 is 0 Å². The van der Waals surface area contributed by atoms with E-state index in [1.165, 1.54) is 0 Å². The van der Waals surface area contributed by atoms with Gasteiger partial charge in [-0.25, -0.2) is 0 Å². The molecule has 3 rings (SSSR count). The number of methoxy groups -OCH3 is 2. The third-order valence-corrected chi connectivity index (χ3v) is 4.04. The van der Waals surface area contributed by atoms with Crippen LogP contribution in [0, 0.1) is 0 Å². The van der Waals surface area contributed by atoms with Crippen LogP contribution in [0.3, 0.4) is 0 Å². The van der Waals surface area contributed by atoms with Crippen molar-refractivity contribution in [1.29, 1.82) is 0 Å². The van der Waals surface area contributed by atoms with Crippen LogP contribution in [0.1, 0.15) is 16.1 Å². The van der Waals surface area contributed by atoms with E-state index in [1.54, 1.807) is 20.3 Å². The van der Waals surface area contributed by atoms with E-state index in [9.17, 15) is 4.79 Å². The maximum absolute atomic E-state index is 12.3. The van der Waals surface area contributed by atoms with Gasteiger partial charge in [0.1, 0.15) is 5.69 Å². The molecule has 6 heteroatoms. The lowest BCUT2D eigenvalue weighted by Gasteiger charge is -2.09. The number of nitrogens with zero attached hydrogens (tertiary/aromatic N) is 1. The summed E-state index contributed by atoms with van der Waals surface area (Å²) in [4.78, 5) is 12.3. The largest absolute Gasteiger partial charge is 0.493 e. The van der Waals surface area contributed by atoms with Gasteiger partial charge in [-0.05, 0) is 30.2 Å². The van der Waals surface area contributed by atoms with Crippen LogP contribution in [0.2, 0.25) is 0 Å². The van der Waals surface area contributed by atoms with Crippen LogP contribution >= 0.6 is 0 Å². The molecule has 0 fully saturated rings. The minimum absolute atomic E-state index is 0.180. The second-order valence-corrected chi connectivity index (χ2v) is 5.73. The molecule has 1 aromatic heterocycles. The molecule has 2 aromatic carbocycles. The van der Waals surface area contributed by atoms with E-state index in [2.05, 4.69) is 15.5 Å². The second kappa shape index (κ2) is 8.20. The number of carbonyl (C=O) groups is 1. The molecule has 0 saturated carbocycles. The fourth-order valence-corrected chi connectivity index (χ4v) is 2.65. The number of H-pyrrole nitrogens is 1. The highest BCUT2D eigenvalue weighted by molar-refractivity contribution is 5.93. The molecule has 0 radical (unpaired) electrons. The third-order valence-electron chi connectivity index (χ3n) is 4.04. The summed E-state index contributed by atoms with van der Waals surface area (Å²) in [5.74, 6) is 1.18. The highest BCUT2D eigenvalue weighted by Crippen LogP contribution is 2.27. The van der Waals surface area contributed by atoms with Gasteiger partial charge >= 0.3 is 0 Å². The van der Waals surface area contributed by atoms with Crippen molar-refractivity contribution in [3.05, 3.63) is 65.9 Å². The van der Waals surface area contributed by atoms with Crippen molar-refractivity contribution in [2.24, 2.45) is 0 Å². The van der Waals surface area contributed by atoms with Crippen molar-refractivity contribution < 1.29 is 14.3 Å². The number of amides is 1. The Kier molecular flexibility index (Phi) is 5.53. The Morgan fingerprint density at radius 2 is 1.81 bits per heavy atom. The predicted octanol–water partition coefficient (Wildman–Crippen LogP) is 3.07. The minimum atomic E-state index is -0.180. The van der Waals surface area contributed by atoms with Crippen LogP contribution in [0.4, 0.5) is 0 Å². The van der Waals surface area contributed by atoms with Crippen molar-refractivity contribution in [3.63, 3.8) is 0 Å². The lowest BCUT2D eigenvalue weighted by Crippen LogP contribution is -2.26. The van der Waals surface area contributed by atoms with E-state index >= 15 is 0 Å². The van der Waals surface area contributed by atoms with Gasteiger partial charge in [-0.15, -0.1) is 0 Å². The van der Waals surface area contributed by atoms with Gasteiger partial charge in [0.25, 0.3) is 5.91 Å². The van der Waals surface area contributed by atoms with Crippen molar-refractivity contribution in [2.45, 2.75) is 6.42 Å². The number of rotatable bonds is 7. The summed E-state index contributed by atoms with van der Waals surface area (Å²) in [6.45, 7) is 0.508. The predicted molar refractivity (Wildman–Crippen MR) is 99.6 cm³/mol. The zero-order chi connectivity index (χ0) is 18.4. The Balaban J connectivity index is 1.57. The molecular weight excluding hydrogens is 330 g/mol. The molecule has 0 aliphatic heterocycles. The summed E-state index contributed by atoms with van der Waals surface area (Å²) in [7, 11) is 3.21. The molecule has 0 atom stereocenters. The molecule has 0 aliphatic rings. The number of carbonyl (C=O) groups excluding carboxylic acids is 1. The van der Waals surface area contributed by atoms with Crippen molar-refractivity contribution >= 4 is 5.91 Å². The molecule has 0 spiro atoms. The van der Waals surface area contributed by atoms with Crippen molar-refractivity contribution in [1.82, 2.24) is 15.5 Å². The molecule has 26 heavy (non-hydrogen) atoms. The Hall–Kier alpha value is -3.28. The van der Waals surface area contributed by atoms with Gasteiger partial charge in [-0.3, -0.25) is 9.89 Å². The average molecular weight is 351 g/mol. The van der Waals surface area contributed by atoms with E-state index in [0.29, 0.717) is 30.2 Å². The van der Waals surface area contributed by atoms with Crippen LogP contribution in [0.5, 0.6) is 11.5 Å². The summed E-state index contributed by atoms with van der Waals surface area (Å²) >= 11 is 0. The molecule has 6 nitrogen and oxygen atoms in total. The number of aromatic amines is 1. The Morgan fingerprint density at radius 1 is 1.04 bits per heavy atom. The van der Waals surface area contributed by atoms with E-state index in [4.69, 9.17) is 9.47 Å². The molecule has 134 valence electrons. The number of benzene rings is 2. The van der Waals surface area contributed by atoms with Gasteiger partial charge in [0, 0.05) is 12.1 Å². The van der Waals surface area contributed by atoms with Crippen molar-refractivity contribution in [3.8, 4) is 22.8 Å². The van der Waals surface area contributed by atoms with Crippen LogP contribution in [0.15, 0.2) is 54.6 Å². The SMILES string of the molecule is COc1ccc(CCNC(=O)c2cc(-c3ccccc3)n[nH]2)cc1OC. The zero-order valence-corrected chi connectivity index (χ0v) is 14.8. The zero-order valence-electron chi connectivity index (χ0n) is 14.8. The van der Waals surface area contributed by atoms with E-state index in [1.807, 2.05) is 48.5 Å². The molecule has 0 aliphatic carbocycles. The standard InChI is InChI=1S/C20H21N3O3/c1-25-18-9-8-14(12-19(18)26-2)10-11-21-20(24)17-13-16(22-23-17)15-6-4-3-5-7-15/h3-9,12-13H,10-11H2,1-2H3,(H,21,24)(H,22,23). The first kappa shape index (κ1) is 17.5. The molecule has 2 N–H and O–H groups in total. The summed E-state index contributed by atoms with van der Waals surface area (Å²) < 4.78 is 10.5. The maximum Gasteiger partial charge on any atom is 0.269 e. The molecule has 1 amide bonds. The first-order chi connectivity index (χ1) is 12.7. The normalized spacial score (nSPS) is 10.4. The Labute approximate surface area is 152 Å². The van der Waals surface area contributed by atoms with Crippen molar-refractivity contribution in [2.75, 3.05) is 20.8 Å². The fourth-order valence-electron chi connectivity index (χ4n) is 2.65. The Bertz CT molecular complexity index is 875. The average Bonchev–Trinajstić information content (AvgIpc) is 3.19. The smallest absolute Gasteiger partial charge is 0.269 e. The number of hydrogen-bond donors (Lipinski definition) is 2. The summed E-state index contributed by atoms with van der Waals surface area (Å²) in [6, 6.07) is 17.2. The molecule has 0 saturated heterocycles. The maximum atomic E-state index is 12.3. The summed E-state index contributed by atoms with van der Waals surface area (Å²) in [6.07, 6.45) is 0.686. The summed E-state index contributed by atoms with van der Waals surface area (Å²) in [5, 5.41) is 9.88. The second-order valence-electron chi connectivity index (χ2n) is 5.73. The quantitative estimate of drug-likeness (QED) is 0.686. The number of nitrogens with one attached hydrogen (secondary N) is 2. The first-order valence-corrected chi connectivity index (χ1v) is 8.31. The highest BCUT2D eigenvalue weighted by Gasteiger charge is 2.11. The van der Waals surface area contributed by atoms with Gasteiger partial charge < -0.3 is 14.8 Å². The van der Waals surface area contributed by atoms with Crippen LogP contribution in [-0.2, 0) is 6.42 Å². The van der Waals surface area contributed by atoms with Crippen LogP contribution < -0.4 is 14.8 Å². The fraction of sp³-hybridized carbons (Fsp3) is 0.200. The third kappa shape index (κ3) is 4.03. The summed E-state index contributed by atoms with van der Waals surface area (Å²) in [5.41, 5.74) is 3.21.